The third-order valence-corrected chi connectivity index (χ3v) is 3.03. The Labute approximate surface area is 68.1 Å². The molecule has 0 atom stereocenters. The first-order valence-electron chi connectivity index (χ1n) is 4.01. The second-order valence-electron chi connectivity index (χ2n) is 3.22. The molecule has 58 valence electrons. The van der Waals surface area contributed by atoms with E-state index in [0.717, 1.165) is 5.92 Å². The molecule has 0 aromatic carbocycles. The monoisotopic (exact) mass is 156 g/mol. The molecule has 0 spiro atoms. The van der Waals surface area contributed by atoms with Crippen molar-refractivity contribution in [3.05, 3.63) is 12.2 Å². The summed E-state index contributed by atoms with van der Waals surface area (Å²) in [7, 11) is 0. The summed E-state index contributed by atoms with van der Waals surface area (Å²) in [5.74, 6) is 3.70. The van der Waals surface area contributed by atoms with Gasteiger partial charge in [0.1, 0.15) is 0 Å². The Hall–Kier alpha value is 0.0900. The molecule has 0 N–H and O–H groups in total. The van der Waals surface area contributed by atoms with Crippen molar-refractivity contribution in [2.45, 2.75) is 26.2 Å². The molecule has 0 aromatic heterocycles. The van der Waals surface area contributed by atoms with E-state index in [1.165, 1.54) is 36.3 Å². The summed E-state index contributed by atoms with van der Waals surface area (Å²) < 4.78 is 0. The SMILES string of the molecule is C=C(C)CC1CCSCC1. The normalized spacial score (nSPS) is 20.9. The van der Waals surface area contributed by atoms with Gasteiger partial charge < -0.3 is 0 Å². The van der Waals surface area contributed by atoms with E-state index < -0.39 is 0 Å². The van der Waals surface area contributed by atoms with Gasteiger partial charge in [0.15, 0.2) is 0 Å². The van der Waals surface area contributed by atoms with Crippen LogP contribution >= 0.6 is 11.8 Å². The summed E-state index contributed by atoms with van der Waals surface area (Å²) >= 11 is 2.10. The highest BCUT2D eigenvalue weighted by molar-refractivity contribution is 7.99. The quantitative estimate of drug-likeness (QED) is 0.554. The maximum atomic E-state index is 3.94. The minimum atomic E-state index is 0.957. The van der Waals surface area contributed by atoms with Gasteiger partial charge in [0.25, 0.3) is 0 Å². The molecule has 0 radical (unpaired) electrons. The number of hydrogen-bond donors (Lipinski definition) is 0. The zero-order valence-electron chi connectivity index (χ0n) is 6.73. The lowest BCUT2D eigenvalue weighted by Crippen LogP contribution is -2.09. The average molecular weight is 156 g/mol. The van der Waals surface area contributed by atoms with Crippen LogP contribution in [0.3, 0.4) is 0 Å². The molecule has 10 heavy (non-hydrogen) atoms. The molecule has 1 aliphatic rings. The fourth-order valence-corrected chi connectivity index (χ4v) is 2.65. The highest BCUT2D eigenvalue weighted by Gasteiger charge is 2.12. The van der Waals surface area contributed by atoms with Gasteiger partial charge in [-0.3, -0.25) is 0 Å². The van der Waals surface area contributed by atoms with Crippen molar-refractivity contribution in [3.8, 4) is 0 Å². The summed E-state index contributed by atoms with van der Waals surface area (Å²) in [5.41, 5.74) is 1.36. The molecule has 1 heteroatoms. The Morgan fingerprint density at radius 3 is 2.60 bits per heavy atom. The molecule has 0 saturated carbocycles. The lowest BCUT2D eigenvalue weighted by molar-refractivity contribution is 0.486. The van der Waals surface area contributed by atoms with E-state index >= 15 is 0 Å². The second-order valence-corrected chi connectivity index (χ2v) is 4.44. The van der Waals surface area contributed by atoms with Gasteiger partial charge in [-0.1, -0.05) is 5.57 Å². The largest absolute Gasteiger partial charge is 0.162 e. The van der Waals surface area contributed by atoms with Gasteiger partial charge >= 0.3 is 0 Å². The van der Waals surface area contributed by atoms with Crippen molar-refractivity contribution in [1.82, 2.24) is 0 Å². The third-order valence-electron chi connectivity index (χ3n) is 1.98. The predicted molar refractivity (Wildman–Crippen MR) is 49.5 cm³/mol. The summed E-state index contributed by atoms with van der Waals surface area (Å²) in [6, 6.07) is 0. The first-order valence-corrected chi connectivity index (χ1v) is 5.16. The van der Waals surface area contributed by atoms with Crippen LogP contribution in [0, 0.1) is 5.92 Å². The minimum absolute atomic E-state index is 0.957. The minimum Gasteiger partial charge on any atom is -0.162 e. The molecule has 1 fully saturated rings. The lowest BCUT2D eigenvalue weighted by Gasteiger charge is -2.20. The van der Waals surface area contributed by atoms with Crippen LogP contribution in [-0.4, -0.2) is 11.5 Å². The molecular weight excluding hydrogens is 140 g/mol. The summed E-state index contributed by atoms with van der Waals surface area (Å²) in [6.07, 6.45) is 4.09. The Morgan fingerprint density at radius 1 is 1.50 bits per heavy atom. The lowest BCUT2D eigenvalue weighted by atomic mass is 9.95. The molecule has 1 rings (SSSR count). The van der Waals surface area contributed by atoms with Crippen LogP contribution in [0.4, 0.5) is 0 Å². The zero-order chi connectivity index (χ0) is 7.40. The molecule has 0 aliphatic carbocycles. The fourth-order valence-electron chi connectivity index (χ4n) is 1.44. The summed E-state index contributed by atoms with van der Waals surface area (Å²) in [4.78, 5) is 0. The fraction of sp³-hybridized carbons (Fsp3) is 0.778. The van der Waals surface area contributed by atoms with Crippen molar-refractivity contribution in [2.75, 3.05) is 11.5 Å². The van der Waals surface area contributed by atoms with Gasteiger partial charge in [0.05, 0.1) is 0 Å². The predicted octanol–water partition coefficient (Wildman–Crippen LogP) is 3.10. The van der Waals surface area contributed by atoms with E-state index in [2.05, 4.69) is 25.3 Å². The standard InChI is InChI=1S/C9H16S/c1-8(2)7-9-3-5-10-6-4-9/h9H,1,3-7H2,2H3. The molecule has 0 aromatic rings. The number of thioether (sulfide) groups is 1. The third kappa shape index (κ3) is 2.78. The molecule has 1 aliphatic heterocycles. The van der Waals surface area contributed by atoms with Crippen LogP contribution in [-0.2, 0) is 0 Å². The van der Waals surface area contributed by atoms with Crippen molar-refractivity contribution < 1.29 is 0 Å². The van der Waals surface area contributed by atoms with Gasteiger partial charge in [-0.2, -0.15) is 11.8 Å². The van der Waals surface area contributed by atoms with Gasteiger partial charge in [-0.05, 0) is 43.6 Å². The molecule has 1 saturated heterocycles. The van der Waals surface area contributed by atoms with E-state index in [-0.39, 0.29) is 0 Å². The van der Waals surface area contributed by atoms with Crippen LogP contribution in [0.5, 0.6) is 0 Å². The Kier molecular flexibility index (Phi) is 3.33. The smallest absolute Gasteiger partial charge is 0.00648 e. The highest BCUT2D eigenvalue weighted by Crippen LogP contribution is 2.26. The molecular formula is C9H16S. The van der Waals surface area contributed by atoms with Gasteiger partial charge in [0, 0.05) is 0 Å². The van der Waals surface area contributed by atoms with Crippen molar-refractivity contribution in [1.29, 1.82) is 0 Å². The summed E-state index contributed by atoms with van der Waals surface area (Å²) in [6.45, 7) is 6.08. The van der Waals surface area contributed by atoms with Crippen LogP contribution in [0.15, 0.2) is 12.2 Å². The maximum Gasteiger partial charge on any atom is -0.00648 e. The Balaban J connectivity index is 2.19. The average Bonchev–Trinajstić information content (AvgIpc) is 1.88. The first kappa shape index (κ1) is 8.19. The Bertz CT molecular complexity index is 112. The topological polar surface area (TPSA) is 0 Å². The highest BCUT2D eigenvalue weighted by atomic mass is 32.2. The van der Waals surface area contributed by atoms with E-state index in [1.54, 1.807) is 0 Å². The van der Waals surface area contributed by atoms with E-state index in [1.807, 2.05) is 0 Å². The molecule has 0 amide bonds. The Morgan fingerprint density at radius 2 is 2.10 bits per heavy atom. The number of rotatable bonds is 2. The number of hydrogen-bond acceptors (Lipinski definition) is 1. The van der Waals surface area contributed by atoms with Crippen LogP contribution < -0.4 is 0 Å². The van der Waals surface area contributed by atoms with Gasteiger partial charge in [0.2, 0.25) is 0 Å². The van der Waals surface area contributed by atoms with Crippen LogP contribution in [0.1, 0.15) is 26.2 Å². The van der Waals surface area contributed by atoms with Crippen molar-refractivity contribution >= 4 is 11.8 Å². The van der Waals surface area contributed by atoms with Crippen LogP contribution in [0.25, 0.3) is 0 Å². The van der Waals surface area contributed by atoms with Gasteiger partial charge in [-0.15, -0.1) is 6.58 Å². The van der Waals surface area contributed by atoms with Gasteiger partial charge in [-0.25, -0.2) is 0 Å². The zero-order valence-corrected chi connectivity index (χ0v) is 7.54. The van der Waals surface area contributed by atoms with E-state index in [4.69, 9.17) is 0 Å². The van der Waals surface area contributed by atoms with E-state index in [0.29, 0.717) is 0 Å². The van der Waals surface area contributed by atoms with E-state index in [9.17, 15) is 0 Å². The molecule has 0 nitrogen and oxygen atoms in total. The molecule has 0 unspecified atom stereocenters. The first-order chi connectivity index (χ1) is 4.79. The van der Waals surface area contributed by atoms with Crippen molar-refractivity contribution in [2.24, 2.45) is 5.92 Å². The van der Waals surface area contributed by atoms with Crippen LogP contribution in [0.2, 0.25) is 0 Å². The second kappa shape index (κ2) is 4.07. The molecule has 0 bridgehead atoms. The van der Waals surface area contributed by atoms with Crippen molar-refractivity contribution in [3.63, 3.8) is 0 Å². The maximum absolute atomic E-state index is 3.94. The number of allylic oxidation sites excluding steroid dienone is 1. The summed E-state index contributed by atoms with van der Waals surface area (Å²) in [5, 5.41) is 0. The molecule has 1 heterocycles.